The summed E-state index contributed by atoms with van der Waals surface area (Å²) < 4.78 is 0. The molecule has 0 aromatic heterocycles. The molecule has 0 unspecified atom stereocenters. The maximum atomic E-state index is 5.86. The highest BCUT2D eigenvalue weighted by Gasteiger charge is 1.94. The molecule has 0 saturated heterocycles. The molecule has 0 aliphatic carbocycles. The lowest BCUT2D eigenvalue weighted by atomic mass is 10.1. The van der Waals surface area contributed by atoms with Crippen molar-refractivity contribution in [1.29, 1.82) is 0 Å². The van der Waals surface area contributed by atoms with Crippen LogP contribution in [-0.4, -0.2) is 13.1 Å². The molecule has 1 nitrogen and oxygen atoms in total. The lowest BCUT2D eigenvalue weighted by molar-refractivity contribution is 0.647. The molecule has 2 rings (SSSR count). The first-order chi connectivity index (χ1) is 9.34. The van der Waals surface area contributed by atoms with Gasteiger partial charge in [0.05, 0.1) is 0 Å². The van der Waals surface area contributed by atoms with Crippen LogP contribution in [0.2, 0.25) is 5.02 Å². The van der Waals surface area contributed by atoms with Gasteiger partial charge in [-0.25, -0.2) is 0 Å². The number of hydrogen-bond acceptors (Lipinski definition) is 1. The number of halogens is 1. The Hall–Kier alpha value is -1.31. The Morgan fingerprint density at radius 3 is 2.16 bits per heavy atom. The summed E-state index contributed by atoms with van der Waals surface area (Å²) in [5.41, 5.74) is 2.75. The first-order valence-electron chi connectivity index (χ1n) is 6.84. The number of rotatable bonds is 7. The van der Waals surface area contributed by atoms with Crippen molar-refractivity contribution in [2.24, 2.45) is 0 Å². The topological polar surface area (TPSA) is 12.0 Å². The molecule has 2 aromatic rings. The number of nitrogens with one attached hydrogen (secondary N) is 1. The monoisotopic (exact) mass is 273 g/mol. The van der Waals surface area contributed by atoms with E-state index in [1.54, 1.807) is 0 Å². The smallest absolute Gasteiger partial charge is 0.0406 e. The summed E-state index contributed by atoms with van der Waals surface area (Å²) in [4.78, 5) is 0. The minimum Gasteiger partial charge on any atom is -0.316 e. The molecule has 0 bridgehead atoms. The zero-order valence-electron chi connectivity index (χ0n) is 11.1. The molecule has 0 heterocycles. The second kappa shape index (κ2) is 7.98. The van der Waals surface area contributed by atoms with Gasteiger partial charge in [-0.05, 0) is 55.6 Å². The van der Waals surface area contributed by atoms with Gasteiger partial charge in [0.15, 0.2) is 0 Å². The summed E-state index contributed by atoms with van der Waals surface area (Å²) in [6, 6.07) is 18.7. The van der Waals surface area contributed by atoms with Crippen LogP contribution < -0.4 is 5.32 Å². The summed E-state index contributed by atoms with van der Waals surface area (Å²) >= 11 is 5.86. The Labute approximate surface area is 120 Å². The molecule has 100 valence electrons. The van der Waals surface area contributed by atoms with Crippen LogP contribution >= 0.6 is 11.6 Å². The van der Waals surface area contributed by atoms with E-state index >= 15 is 0 Å². The van der Waals surface area contributed by atoms with Gasteiger partial charge < -0.3 is 5.32 Å². The molecule has 0 radical (unpaired) electrons. The minimum absolute atomic E-state index is 0.810. The van der Waals surface area contributed by atoms with Crippen molar-refractivity contribution in [1.82, 2.24) is 5.32 Å². The van der Waals surface area contributed by atoms with E-state index in [0.29, 0.717) is 0 Å². The molecule has 0 amide bonds. The van der Waals surface area contributed by atoms with Gasteiger partial charge in [0.25, 0.3) is 0 Å². The van der Waals surface area contributed by atoms with Gasteiger partial charge in [-0.2, -0.15) is 0 Å². The van der Waals surface area contributed by atoms with E-state index in [0.717, 1.165) is 37.4 Å². The maximum absolute atomic E-state index is 5.86. The molecule has 0 aliphatic rings. The van der Waals surface area contributed by atoms with E-state index in [1.165, 1.54) is 11.1 Å². The lowest BCUT2D eigenvalue weighted by Crippen LogP contribution is -2.18. The molecule has 2 heteroatoms. The maximum Gasteiger partial charge on any atom is 0.0406 e. The second-order valence-electron chi connectivity index (χ2n) is 4.72. The Bertz CT molecular complexity index is 464. The molecular weight excluding hydrogens is 254 g/mol. The third kappa shape index (κ3) is 5.46. The number of hydrogen-bond donors (Lipinski definition) is 1. The van der Waals surface area contributed by atoms with Gasteiger partial charge in [-0.3, -0.25) is 0 Å². The molecule has 0 saturated carbocycles. The van der Waals surface area contributed by atoms with Crippen LogP contribution in [0.4, 0.5) is 0 Å². The predicted molar refractivity (Wildman–Crippen MR) is 82.8 cm³/mol. The Kier molecular flexibility index (Phi) is 5.93. The third-order valence-corrected chi connectivity index (χ3v) is 3.42. The summed E-state index contributed by atoms with van der Waals surface area (Å²) in [5.74, 6) is 0. The molecule has 19 heavy (non-hydrogen) atoms. The Morgan fingerprint density at radius 1 is 0.737 bits per heavy atom. The molecular formula is C17H20ClN. The normalized spacial score (nSPS) is 10.6. The van der Waals surface area contributed by atoms with Crippen LogP contribution in [0.3, 0.4) is 0 Å². The predicted octanol–water partition coefficient (Wildman–Crippen LogP) is 4.10. The first-order valence-corrected chi connectivity index (χ1v) is 7.21. The van der Waals surface area contributed by atoms with Crippen molar-refractivity contribution in [2.75, 3.05) is 13.1 Å². The summed E-state index contributed by atoms with van der Waals surface area (Å²) in [7, 11) is 0. The van der Waals surface area contributed by atoms with Crippen molar-refractivity contribution < 1.29 is 0 Å². The molecule has 2 aromatic carbocycles. The first kappa shape index (κ1) is 14.1. The highest BCUT2D eigenvalue weighted by atomic mass is 35.5. The minimum atomic E-state index is 0.810. The SMILES string of the molecule is Clc1ccc(CCCNCCc2ccccc2)cc1. The lowest BCUT2D eigenvalue weighted by Gasteiger charge is -2.05. The van der Waals surface area contributed by atoms with Gasteiger partial charge in [-0.1, -0.05) is 54.1 Å². The van der Waals surface area contributed by atoms with Crippen LogP contribution in [0.1, 0.15) is 17.5 Å². The van der Waals surface area contributed by atoms with Crippen LogP contribution in [-0.2, 0) is 12.8 Å². The van der Waals surface area contributed by atoms with Crippen LogP contribution in [0.15, 0.2) is 54.6 Å². The quantitative estimate of drug-likeness (QED) is 0.749. The van der Waals surface area contributed by atoms with Gasteiger partial charge in [0, 0.05) is 5.02 Å². The van der Waals surface area contributed by atoms with E-state index in [4.69, 9.17) is 11.6 Å². The van der Waals surface area contributed by atoms with Crippen molar-refractivity contribution >= 4 is 11.6 Å². The van der Waals surface area contributed by atoms with Crippen LogP contribution in [0.25, 0.3) is 0 Å². The summed E-state index contributed by atoms with van der Waals surface area (Å²) in [6.07, 6.45) is 3.37. The number of aryl methyl sites for hydroxylation is 1. The van der Waals surface area contributed by atoms with E-state index in [1.807, 2.05) is 12.1 Å². The highest BCUT2D eigenvalue weighted by molar-refractivity contribution is 6.30. The van der Waals surface area contributed by atoms with Crippen molar-refractivity contribution in [2.45, 2.75) is 19.3 Å². The van der Waals surface area contributed by atoms with Gasteiger partial charge in [0.2, 0.25) is 0 Å². The van der Waals surface area contributed by atoms with Crippen molar-refractivity contribution in [3.8, 4) is 0 Å². The fraction of sp³-hybridized carbons (Fsp3) is 0.294. The molecule has 0 fully saturated rings. The van der Waals surface area contributed by atoms with E-state index in [2.05, 4.69) is 47.8 Å². The molecule has 1 N–H and O–H groups in total. The van der Waals surface area contributed by atoms with E-state index < -0.39 is 0 Å². The third-order valence-electron chi connectivity index (χ3n) is 3.17. The average molecular weight is 274 g/mol. The van der Waals surface area contributed by atoms with Crippen molar-refractivity contribution in [3.05, 3.63) is 70.7 Å². The summed E-state index contributed by atoms with van der Waals surface area (Å²) in [6.45, 7) is 2.11. The zero-order chi connectivity index (χ0) is 13.3. The van der Waals surface area contributed by atoms with E-state index in [9.17, 15) is 0 Å². The standard InChI is InChI=1S/C17H20ClN/c18-17-10-8-16(9-11-17)7-4-13-19-14-12-15-5-2-1-3-6-15/h1-3,5-6,8-11,19H,4,7,12-14H2. The molecule has 0 spiro atoms. The van der Waals surface area contributed by atoms with Gasteiger partial charge >= 0.3 is 0 Å². The fourth-order valence-corrected chi connectivity index (χ4v) is 2.20. The zero-order valence-corrected chi connectivity index (χ0v) is 11.9. The Morgan fingerprint density at radius 2 is 1.42 bits per heavy atom. The molecule has 0 aliphatic heterocycles. The second-order valence-corrected chi connectivity index (χ2v) is 5.15. The van der Waals surface area contributed by atoms with Gasteiger partial charge in [0.1, 0.15) is 0 Å². The van der Waals surface area contributed by atoms with Gasteiger partial charge in [-0.15, -0.1) is 0 Å². The average Bonchev–Trinajstić information content (AvgIpc) is 2.46. The van der Waals surface area contributed by atoms with E-state index in [-0.39, 0.29) is 0 Å². The number of benzene rings is 2. The van der Waals surface area contributed by atoms with Crippen LogP contribution in [0.5, 0.6) is 0 Å². The molecule has 0 atom stereocenters. The largest absolute Gasteiger partial charge is 0.316 e. The fourth-order valence-electron chi connectivity index (χ4n) is 2.07. The van der Waals surface area contributed by atoms with Crippen LogP contribution in [0, 0.1) is 0 Å². The van der Waals surface area contributed by atoms with Crippen molar-refractivity contribution in [3.63, 3.8) is 0 Å². The highest BCUT2D eigenvalue weighted by Crippen LogP contribution is 2.10. The summed E-state index contributed by atoms with van der Waals surface area (Å²) in [5, 5.41) is 4.30. The Balaban J connectivity index is 1.56.